The lowest BCUT2D eigenvalue weighted by atomic mass is 10.1. The monoisotopic (exact) mass is 259 g/mol. The zero-order valence-corrected chi connectivity index (χ0v) is 10.5. The number of hydrogen-bond acceptors (Lipinski definition) is 4. The average molecular weight is 259 g/mol. The van der Waals surface area contributed by atoms with E-state index in [0.717, 1.165) is 11.1 Å². The highest BCUT2D eigenvalue weighted by Crippen LogP contribution is 2.24. The Morgan fingerprint density at radius 3 is 2.37 bits per heavy atom. The van der Waals surface area contributed by atoms with E-state index in [2.05, 4.69) is 5.32 Å². The van der Waals surface area contributed by atoms with Crippen LogP contribution in [0.2, 0.25) is 0 Å². The van der Waals surface area contributed by atoms with Crippen molar-refractivity contribution in [2.24, 2.45) is 0 Å². The van der Waals surface area contributed by atoms with E-state index >= 15 is 0 Å². The highest BCUT2D eigenvalue weighted by Gasteiger charge is 2.06. The highest BCUT2D eigenvalue weighted by molar-refractivity contribution is 5.40. The van der Waals surface area contributed by atoms with Crippen LogP contribution in [0.3, 0.4) is 0 Å². The van der Waals surface area contributed by atoms with Gasteiger partial charge < -0.3 is 20.6 Å². The fourth-order valence-electron chi connectivity index (χ4n) is 1.83. The molecule has 0 amide bonds. The molecule has 0 aliphatic heterocycles. The van der Waals surface area contributed by atoms with Crippen LogP contribution >= 0.6 is 0 Å². The molecule has 0 radical (unpaired) electrons. The largest absolute Gasteiger partial charge is 0.504 e. The van der Waals surface area contributed by atoms with E-state index < -0.39 is 6.10 Å². The van der Waals surface area contributed by atoms with Gasteiger partial charge in [-0.3, -0.25) is 0 Å². The number of hydrogen-bond donors (Lipinski definition) is 4. The van der Waals surface area contributed by atoms with E-state index in [-0.39, 0.29) is 11.5 Å². The third-order valence-electron chi connectivity index (χ3n) is 2.89. The van der Waals surface area contributed by atoms with Crippen LogP contribution < -0.4 is 5.32 Å². The van der Waals surface area contributed by atoms with Crippen LogP contribution in [0, 0.1) is 0 Å². The lowest BCUT2D eigenvalue weighted by molar-refractivity contribution is 0.174. The third-order valence-corrected chi connectivity index (χ3v) is 2.89. The van der Waals surface area contributed by atoms with E-state index in [1.54, 1.807) is 6.07 Å². The molecule has 0 bridgehead atoms. The van der Waals surface area contributed by atoms with Crippen molar-refractivity contribution in [3.63, 3.8) is 0 Å². The number of aliphatic hydroxyl groups excluding tert-OH is 1. The second kappa shape index (κ2) is 6.22. The van der Waals surface area contributed by atoms with Crippen molar-refractivity contribution in [2.45, 2.75) is 12.6 Å². The Balaban J connectivity index is 1.85. The van der Waals surface area contributed by atoms with Crippen molar-refractivity contribution < 1.29 is 15.3 Å². The van der Waals surface area contributed by atoms with Crippen LogP contribution in [0.15, 0.2) is 48.5 Å². The number of nitrogens with one attached hydrogen (secondary N) is 1. The summed E-state index contributed by atoms with van der Waals surface area (Å²) in [4.78, 5) is 0. The molecule has 0 aliphatic rings. The minimum absolute atomic E-state index is 0.131. The quantitative estimate of drug-likeness (QED) is 0.619. The Hall–Kier alpha value is -2.04. The summed E-state index contributed by atoms with van der Waals surface area (Å²) < 4.78 is 0. The van der Waals surface area contributed by atoms with Gasteiger partial charge in [-0.05, 0) is 23.3 Å². The molecular formula is C15H17NO3. The number of rotatable bonds is 5. The van der Waals surface area contributed by atoms with Crippen LogP contribution in [0.25, 0.3) is 0 Å². The second-order valence-electron chi connectivity index (χ2n) is 4.38. The van der Waals surface area contributed by atoms with Crippen LogP contribution in [0.4, 0.5) is 0 Å². The first-order valence-corrected chi connectivity index (χ1v) is 6.11. The number of benzene rings is 2. The smallest absolute Gasteiger partial charge is 0.157 e. The van der Waals surface area contributed by atoms with Crippen LogP contribution in [0.5, 0.6) is 11.5 Å². The summed E-state index contributed by atoms with van der Waals surface area (Å²) in [6.45, 7) is 0.934. The van der Waals surface area contributed by atoms with Crippen molar-refractivity contribution >= 4 is 0 Å². The normalized spacial score (nSPS) is 12.3. The van der Waals surface area contributed by atoms with Crippen molar-refractivity contribution in [1.82, 2.24) is 5.32 Å². The minimum atomic E-state index is -0.563. The maximum absolute atomic E-state index is 9.95. The Kier molecular flexibility index (Phi) is 4.39. The molecule has 1 unspecified atom stereocenters. The van der Waals surface area contributed by atoms with Gasteiger partial charge in [-0.15, -0.1) is 0 Å². The van der Waals surface area contributed by atoms with E-state index in [9.17, 15) is 15.3 Å². The Morgan fingerprint density at radius 2 is 1.68 bits per heavy atom. The molecule has 2 rings (SSSR count). The van der Waals surface area contributed by atoms with E-state index in [1.807, 2.05) is 30.3 Å². The molecule has 4 heteroatoms. The van der Waals surface area contributed by atoms with Gasteiger partial charge in [0.15, 0.2) is 11.5 Å². The summed E-state index contributed by atoms with van der Waals surface area (Å²) in [7, 11) is 0. The average Bonchev–Trinajstić information content (AvgIpc) is 2.43. The van der Waals surface area contributed by atoms with Crippen molar-refractivity contribution in [3.8, 4) is 11.5 Å². The van der Waals surface area contributed by atoms with Crippen LogP contribution in [0.1, 0.15) is 17.2 Å². The van der Waals surface area contributed by atoms with Gasteiger partial charge in [-0.1, -0.05) is 36.4 Å². The molecule has 4 N–H and O–H groups in total. The van der Waals surface area contributed by atoms with Gasteiger partial charge in [0.05, 0.1) is 6.10 Å². The Bertz CT molecular complexity index is 528. The first-order valence-electron chi connectivity index (χ1n) is 6.11. The SMILES string of the molecule is Oc1ccc(CNCC(O)c2ccccc2)cc1O. The molecule has 100 valence electrons. The minimum Gasteiger partial charge on any atom is -0.504 e. The summed E-state index contributed by atoms with van der Waals surface area (Å²) in [5.74, 6) is -0.268. The van der Waals surface area contributed by atoms with E-state index in [4.69, 9.17) is 0 Å². The third kappa shape index (κ3) is 3.71. The second-order valence-corrected chi connectivity index (χ2v) is 4.38. The van der Waals surface area contributed by atoms with Gasteiger partial charge >= 0.3 is 0 Å². The number of aliphatic hydroxyl groups is 1. The molecule has 1 atom stereocenters. The molecule has 4 nitrogen and oxygen atoms in total. The molecule has 0 aliphatic carbocycles. The standard InChI is InChI=1S/C15H17NO3/c17-13-7-6-11(8-14(13)18)9-16-10-15(19)12-4-2-1-3-5-12/h1-8,15-19H,9-10H2. The summed E-state index contributed by atoms with van der Waals surface area (Å²) in [6.07, 6.45) is -0.563. The molecule has 2 aromatic carbocycles. The van der Waals surface area contributed by atoms with Gasteiger partial charge in [0, 0.05) is 13.1 Å². The predicted molar refractivity (Wildman–Crippen MR) is 72.9 cm³/mol. The molecule has 0 heterocycles. The maximum atomic E-state index is 9.95. The fourth-order valence-corrected chi connectivity index (χ4v) is 1.83. The number of phenolic OH excluding ortho intramolecular Hbond substituents is 2. The van der Waals surface area contributed by atoms with Crippen molar-refractivity contribution in [2.75, 3.05) is 6.54 Å². The molecule has 2 aromatic rings. The van der Waals surface area contributed by atoms with Gasteiger partial charge in [-0.25, -0.2) is 0 Å². The topological polar surface area (TPSA) is 72.7 Å². The summed E-state index contributed by atoms with van der Waals surface area (Å²) in [5, 5.41) is 31.6. The van der Waals surface area contributed by atoms with Gasteiger partial charge in [0.25, 0.3) is 0 Å². The van der Waals surface area contributed by atoms with E-state index in [1.165, 1.54) is 12.1 Å². The Morgan fingerprint density at radius 1 is 0.947 bits per heavy atom. The fraction of sp³-hybridized carbons (Fsp3) is 0.200. The molecule has 0 saturated carbocycles. The molecule has 0 saturated heterocycles. The van der Waals surface area contributed by atoms with Gasteiger partial charge in [-0.2, -0.15) is 0 Å². The maximum Gasteiger partial charge on any atom is 0.157 e. The predicted octanol–water partition coefficient (Wildman–Crippen LogP) is 1.92. The number of aromatic hydroxyl groups is 2. The first kappa shape index (κ1) is 13.4. The van der Waals surface area contributed by atoms with Crippen LogP contribution in [-0.4, -0.2) is 21.9 Å². The van der Waals surface area contributed by atoms with Gasteiger partial charge in [0.2, 0.25) is 0 Å². The molecule has 0 aromatic heterocycles. The van der Waals surface area contributed by atoms with E-state index in [0.29, 0.717) is 13.1 Å². The van der Waals surface area contributed by atoms with Crippen molar-refractivity contribution in [1.29, 1.82) is 0 Å². The number of phenols is 2. The first-order chi connectivity index (χ1) is 9.16. The summed E-state index contributed by atoms with van der Waals surface area (Å²) in [5.41, 5.74) is 1.71. The zero-order chi connectivity index (χ0) is 13.7. The van der Waals surface area contributed by atoms with Gasteiger partial charge in [0.1, 0.15) is 0 Å². The Labute approximate surface area is 112 Å². The summed E-state index contributed by atoms with van der Waals surface area (Å²) in [6, 6.07) is 14.1. The highest BCUT2D eigenvalue weighted by atomic mass is 16.3. The summed E-state index contributed by atoms with van der Waals surface area (Å²) >= 11 is 0. The van der Waals surface area contributed by atoms with Crippen molar-refractivity contribution in [3.05, 3.63) is 59.7 Å². The lowest BCUT2D eigenvalue weighted by Gasteiger charge is -2.12. The zero-order valence-electron chi connectivity index (χ0n) is 10.5. The molecular weight excluding hydrogens is 242 g/mol. The molecule has 0 fully saturated rings. The molecule has 19 heavy (non-hydrogen) atoms. The molecule has 0 spiro atoms. The lowest BCUT2D eigenvalue weighted by Crippen LogP contribution is -2.20. The van der Waals surface area contributed by atoms with Crippen LogP contribution in [-0.2, 0) is 6.54 Å².